The summed E-state index contributed by atoms with van der Waals surface area (Å²) in [7, 11) is -3.97. The number of ether oxygens (including phenoxy) is 1. The van der Waals surface area contributed by atoms with Gasteiger partial charge in [0.2, 0.25) is 10.0 Å². The first-order valence-electron chi connectivity index (χ1n) is 8.44. The van der Waals surface area contributed by atoms with Crippen LogP contribution < -0.4 is 0 Å². The molecule has 0 unspecified atom stereocenters. The Hall–Kier alpha value is -1.55. The van der Waals surface area contributed by atoms with E-state index in [2.05, 4.69) is 0 Å². The highest BCUT2D eigenvalue weighted by atomic mass is 35.5. The molecule has 1 aliphatic rings. The van der Waals surface area contributed by atoms with Gasteiger partial charge in [0.25, 0.3) is 0 Å². The van der Waals surface area contributed by atoms with Crippen LogP contribution in [0.25, 0.3) is 0 Å². The number of carbonyl (C=O) groups excluding carboxylic acids is 1. The van der Waals surface area contributed by atoms with E-state index in [0.717, 1.165) is 4.31 Å². The molecule has 0 bridgehead atoms. The van der Waals surface area contributed by atoms with Gasteiger partial charge < -0.3 is 14.7 Å². The lowest BCUT2D eigenvalue weighted by molar-refractivity contribution is -0.143. The molecule has 1 atom stereocenters. The van der Waals surface area contributed by atoms with Crippen LogP contribution in [-0.2, 0) is 25.3 Å². The number of halogens is 2. The molecular weight excluding hydrogens is 431 g/mol. The molecule has 1 heterocycles. The van der Waals surface area contributed by atoms with Gasteiger partial charge in [-0.15, -0.1) is 0 Å². The molecule has 2 rings (SSSR count). The number of piperazine rings is 1. The maximum absolute atomic E-state index is 12.8. The van der Waals surface area contributed by atoms with Crippen LogP contribution in [0.5, 0.6) is 0 Å². The number of rotatable bonds is 4. The van der Waals surface area contributed by atoms with E-state index in [0.29, 0.717) is 5.56 Å². The fourth-order valence-corrected chi connectivity index (χ4v) is 4.71. The molecule has 0 spiro atoms. The second-order valence-corrected chi connectivity index (χ2v) is 10.1. The first-order chi connectivity index (χ1) is 12.8. The summed E-state index contributed by atoms with van der Waals surface area (Å²) in [5.74, 6) is -1.77. The first-order valence-corrected chi connectivity index (χ1v) is 10.8. The Labute approximate surface area is 174 Å². The standard InChI is InChI=1S/C17H22Cl2N2O6S/c1-17(2,3)27-16(24)20-6-7-21(14(9-20)15(22)23)28(25,26)10-11-4-5-12(18)13(19)8-11/h4-5,8,14H,6-7,9-10H2,1-3H3,(H,22,23)/t14-/m1/s1. The fourth-order valence-electron chi connectivity index (χ4n) is 2.72. The van der Waals surface area contributed by atoms with Gasteiger partial charge in [-0.3, -0.25) is 4.79 Å². The van der Waals surface area contributed by atoms with Crippen LogP contribution in [-0.4, -0.2) is 66.1 Å². The van der Waals surface area contributed by atoms with E-state index in [1.807, 2.05) is 0 Å². The van der Waals surface area contributed by atoms with E-state index in [1.54, 1.807) is 20.8 Å². The van der Waals surface area contributed by atoms with Gasteiger partial charge in [0.1, 0.15) is 11.6 Å². The van der Waals surface area contributed by atoms with Crippen LogP contribution in [0.3, 0.4) is 0 Å². The molecule has 1 aromatic rings. The summed E-state index contributed by atoms with van der Waals surface area (Å²) in [6.07, 6.45) is -0.680. The van der Waals surface area contributed by atoms with Crippen LogP contribution >= 0.6 is 23.2 Å². The Bertz CT molecular complexity index is 869. The van der Waals surface area contributed by atoms with E-state index in [-0.39, 0.29) is 29.7 Å². The highest BCUT2D eigenvalue weighted by Gasteiger charge is 2.41. The summed E-state index contributed by atoms with van der Waals surface area (Å²) in [4.78, 5) is 25.1. The maximum Gasteiger partial charge on any atom is 0.410 e. The molecule has 1 fully saturated rings. The lowest BCUT2D eigenvalue weighted by Crippen LogP contribution is -2.59. The van der Waals surface area contributed by atoms with Crippen molar-refractivity contribution in [3.05, 3.63) is 33.8 Å². The number of carbonyl (C=O) groups is 2. The molecule has 0 aromatic heterocycles. The molecule has 0 radical (unpaired) electrons. The molecule has 28 heavy (non-hydrogen) atoms. The van der Waals surface area contributed by atoms with Gasteiger partial charge >= 0.3 is 12.1 Å². The van der Waals surface area contributed by atoms with Gasteiger partial charge in [-0.1, -0.05) is 29.3 Å². The zero-order chi connectivity index (χ0) is 21.3. The molecule has 1 N–H and O–H groups in total. The van der Waals surface area contributed by atoms with Crippen LogP contribution in [0.1, 0.15) is 26.3 Å². The minimum absolute atomic E-state index is 0.0271. The minimum atomic E-state index is -3.97. The predicted molar refractivity (Wildman–Crippen MR) is 105 cm³/mol. The summed E-state index contributed by atoms with van der Waals surface area (Å²) in [5, 5.41) is 10.0. The molecular formula is C17H22Cl2N2O6S. The van der Waals surface area contributed by atoms with Crippen molar-refractivity contribution in [1.82, 2.24) is 9.21 Å². The van der Waals surface area contributed by atoms with Gasteiger partial charge in [-0.05, 0) is 38.5 Å². The van der Waals surface area contributed by atoms with Crippen molar-refractivity contribution in [2.75, 3.05) is 19.6 Å². The van der Waals surface area contributed by atoms with Crippen molar-refractivity contribution in [3.63, 3.8) is 0 Å². The second-order valence-electron chi connectivity index (χ2n) is 7.40. The monoisotopic (exact) mass is 452 g/mol. The van der Waals surface area contributed by atoms with Crippen molar-refractivity contribution < 1.29 is 27.9 Å². The van der Waals surface area contributed by atoms with Crippen molar-refractivity contribution in [1.29, 1.82) is 0 Å². The highest BCUT2D eigenvalue weighted by Crippen LogP contribution is 2.25. The van der Waals surface area contributed by atoms with E-state index in [4.69, 9.17) is 27.9 Å². The van der Waals surface area contributed by atoms with Gasteiger partial charge in [0, 0.05) is 13.1 Å². The molecule has 0 aliphatic carbocycles. The maximum atomic E-state index is 12.8. The number of sulfonamides is 1. The Morgan fingerprint density at radius 2 is 1.86 bits per heavy atom. The third-order valence-electron chi connectivity index (χ3n) is 3.96. The number of hydrogen-bond donors (Lipinski definition) is 1. The molecule has 1 aliphatic heterocycles. The molecule has 8 nitrogen and oxygen atoms in total. The van der Waals surface area contributed by atoms with Crippen LogP contribution in [0.4, 0.5) is 4.79 Å². The van der Waals surface area contributed by atoms with Crippen LogP contribution in [0, 0.1) is 0 Å². The summed E-state index contributed by atoms with van der Waals surface area (Å²) >= 11 is 11.8. The average Bonchev–Trinajstić information content (AvgIpc) is 2.55. The van der Waals surface area contributed by atoms with Gasteiger partial charge in [0.15, 0.2) is 0 Å². The molecule has 11 heteroatoms. The number of benzene rings is 1. The topological polar surface area (TPSA) is 104 Å². The summed E-state index contributed by atoms with van der Waals surface area (Å²) < 4.78 is 31.8. The molecule has 0 saturated carbocycles. The third kappa shape index (κ3) is 5.73. The van der Waals surface area contributed by atoms with Gasteiger partial charge in [-0.2, -0.15) is 4.31 Å². The summed E-state index contributed by atoms with van der Waals surface area (Å²) in [6, 6.07) is 3.00. The Morgan fingerprint density at radius 1 is 1.21 bits per heavy atom. The Kier molecular flexibility index (Phi) is 6.86. The van der Waals surface area contributed by atoms with Crippen molar-refractivity contribution >= 4 is 45.3 Å². The van der Waals surface area contributed by atoms with Crippen molar-refractivity contribution in [2.45, 2.75) is 38.2 Å². The van der Waals surface area contributed by atoms with E-state index in [9.17, 15) is 23.1 Å². The number of carboxylic acid groups (broad SMARTS) is 1. The second kappa shape index (κ2) is 8.44. The quantitative estimate of drug-likeness (QED) is 0.752. The zero-order valence-electron chi connectivity index (χ0n) is 15.7. The van der Waals surface area contributed by atoms with E-state index >= 15 is 0 Å². The van der Waals surface area contributed by atoms with Crippen molar-refractivity contribution in [3.8, 4) is 0 Å². The largest absolute Gasteiger partial charge is 0.480 e. The van der Waals surface area contributed by atoms with Gasteiger partial charge in [0.05, 0.1) is 22.3 Å². The summed E-state index contributed by atoms with van der Waals surface area (Å²) in [5.41, 5.74) is -0.361. The SMILES string of the molecule is CC(C)(C)OC(=O)N1CCN(S(=O)(=O)Cc2ccc(Cl)c(Cl)c2)[C@@H](C(=O)O)C1. The molecule has 156 valence electrons. The van der Waals surface area contributed by atoms with Crippen LogP contribution in [0.15, 0.2) is 18.2 Å². The lowest BCUT2D eigenvalue weighted by atomic mass is 10.2. The number of hydrogen-bond acceptors (Lipinski definition) is 5. The smallest absolute Gasteiger partial charge is 0.410 e. The third-order valence-corrected chi connectivity index (χ3v) is 6.55. The van der Waals surface area contributed by atoms with E-state index in [1.165, 1.54) is 23.1 Å². The highest BCUT2D eigenvalue weighted by molar-refractivity contribution is 7.88. The number of aliphatic carboxylic acids is 1. The lowest BCUT2D eigenvalue weighted by Gasteiger charge is -2.38. The van der Waals surface area contributed by atoms with Crippen molar-refractivity contribution in [2.24, 2.45) is 0 Å². The number of carboxylic acids is 1. The zero-order valence-corrected chi connectivity index (χ0v) is 18.0. The van der Waals surface area contributed by atoms with Gasteiger partial charge in [-0.25, -0.2) is 13.2 Å². The minimum Gasteiger partial charge on any atom is -0.480 e. The fraction of sp³-hybridized carbons (Fsp3) is 0.529. The van der Waals surface area contributed by atoms with E-state index < -0.39 is 39.5 Å². The predicted octanol–water partition coefficient (Wildman–Crippen LogP) is 2.83. The average molecular weight is 453 g/mol. The molecule has 1 saturated heterocycles. The number of amides is 1. The van der Waals surface area contributed by atoms with Crippen LogP contribution in [0.2, 0.25) is 10.0 Å². The Morgan fingerprint density at radius 3 is 2.39 bits per heavy atom. The number of nitrogens with zero attached hydrogens (tertiary/aromatic N) is 2. The Balaban J connectivity index is 2.19. The molecule has 1 aromatic carbocycles. The normalized spacial score (nSPS) is 18.8. The molecule has 1 amide bonds. The first kappa shape index (κ1) is 22.7. The summed E-state index contributed by atoms with van der Waals surface area (Å²) in [6.45, 7) is 4.65.